The van der Waals surface area contributed by atoms with Crippen LogP contribution in [0.15, 0.2) is 73.1 Å². The summed E-state index contributed by atoms with van der Waals surface area (Å²) in [4.78, 5) is 15.1. The first-order valence-electron chi connectivity index (χ1n) is 10.6. The van der Waals surface area contributed by atoms with Gasteiger partial charge in [-0.3, -0.25) is 4.79 Å². The second-order valence-corrected chi connectivity index (χ2v) is 8.36. The minimum atomic E-state index is -0.323. The van der Waals surface area contributed by atoms with E-state index in [2.05, 4.69) is 16.3 Å². The summed E-state index contributed by atoms with van der Waals surface area (Å²) >= 11 is 6.12. The number of rotatable bonds is 7. The van der Waals surface area contributed by atoms with E-state index in [-0.39, 0.29) is 24.8 Å². The lowest BCUT2D eigenvalue weighted by atomic mass is 10.1. The Morgan fingerprint density at radius 3 is 2.62 bits per heavy atom. The largest absolute Gasteiger partial charge is 0.327 e. The van der Waals surface area contributed by atoms with Gasteiger partial charge in [0.25, 0.3) is 5.91 Å². The summed E-state index contributed by atoms with van der Waals surface area (Å²) in [6.07, 6.45) is 1.61. The van der Waals surface area contributed by atoms with Gasteiger partial charge in [0.15, 0.2) is 5.82 Å². The molecule has 0 saturated heterocycles. The number of hydrogen-bond donors (Lipinski definition) is 0. The van der Waals surface area contributed by atoms with Gasteiger partial charge in [0.1, 0.15) is 12.1 Å². The molecule has 170 valence electrons. The number of carbonyl (C=O) groups is 1. The summed E-state index contributed by atoms with van der Waals surface area (Å²) in [7, 11) is 0. The van der Waals surface area contributed by atoms with Crippen LogP contribution in [-0.2, 0) is 19.6 Å². The lowest BCUT2D eigenvalue weighted by Crippen LogP contribution is -2.31. The molecule has 1 amide bonds. The third-order valence-corrected chi connectivity index (χ3v) is 5.72. The lowest BCUT2D eigenvalue weighted by Gasteiger charge is -2.24. The number of aryl methyl sites for hydroxylation is 1. The first-order chi connectivity index (χ1) is 16.4. The molecule has 8 heteroatoms. The first-order valence-corrected chi connectivity index (χ1v) is 11.0. The van der Waals surface area contributed by atoms with Gasteiger partial charge in [0.2, 0.25) is 0 Å². The molecule has 34 heavy (non-hydrogen) atoms. The highest BCUT2D eigenvalue weighted by Crippen LogP contribution is 2.19. The van der Waals surface area contributed by atoms with Crippen LogP contribution >= 0.6 is 11.6 Å². The molecule has 0 spiro atoms. The van der Waals surface area contributed by atoms with Crippen molar-refractivity contribution < 1.29 is 9.18 Å². The van der Waals surface area contributed by atoms with E-state index in [1.54, 1.807) is 53.7 Å². The van der Waals surface area contributed by atoms with E-state index in [4.69, 9.17) is 16.9 Å². The molecule has 0 fully saturated rings. The summed E-state index contributed by atoms with van der Waals surface area (Å²) in [6, 6.07) is 20.7. The van der Waals surface area contributed by atoms with Crippen molar-refractivity contribution in [3.8, 4) is 6.07 Å². The molecule has 0 aliphatic carbocycles. The van der Waals surface area contributed by atoms with Crippen molar-refractivity contribution in [3.05, 3.63) is 118 Å². The van der Waals surface area contributed by atoms with Crippen LogP contribution in [0.5, 0.6) is 0 Å². The minimum absolute atomic E-state index is 0.193. The lowest BCUT2D eigenvalue weighted by molar-refractivity contribution is 0.0723. The zero-order valence-electron chi connectivity index (χ0n) is 18.4. The Balaban J connectivity index is 1.62. The maximum atomic E-state index is 13.6. The van der Waals surface area contributed by atoms with Crippen LogP contribution < -0.4 is 0 Å². The fourth-order valence-corrected chi connectivity index (χ4v) is 3.82. The Kier molecular flexibility index (Phi) is 7.00. The maximum absolute atomic E-state index is 13.6. The van der Waals surface area contributed by atoms with Crippen molar-refractivity contribution in [2.45, 2.75) is 26.6 Å². The average Bonchev–Trinajstić information content (AvgIpc) is 3.26. The molecule has 3 aromatic carbocycles. The zero-order chi connectivity index (χ0) is 24.1. The third-order valence-electron chi connectivity index (χ3n) is 5.49. The summed E-state index contributed by atoms with van der Waals surface area (Å²) in [5, 5.41) is 17.7. The van der Waals surface area contributed by atoms with Crippen LogP contribution in [0, 0.1) is 24.1 Å². The Morgan fingerprint density at radius 2 is 1.91 bits per heavy atom. The minimum Gasteiger partial charge on any atom is -0.327 e. The van der Waals surface area contributed by atoms with Gasteiger partial charge in [-0.2, -0.15) is 5.26 Å². The van der Waals surface area contributed by atoms with Crippen LogP contribution in [0.2, 0.25) is 5.02 Å². The van der Waals surface area contributed by atoms with E-state index in [0.717, 1.165) is 16.7 Å². The highest BCUT2D eigenvalue weighted by molar-refractivity contribution is 6.30. The van der Waals surface area contributed by atoms with E-state index in [1.807, 2.05) is 23.6 Å². The van der Waals surface area contributed by atoms with Gasteiger partial charge in [-0.15, -0.1) is 10.2 Å². The summed E-state index contributed by atoms with van der Waals surface area (Å²) < 4.78 is 15.5. The van der Waals surface area contributed by atoms with Gasteiger partial charge in [-0.25, -0.2) is 4.39 Å². The molecule has 4 aromatic rings. The van der Waals surface area contributed by atoms with Gasteiger partial charge in [0.05, 0.1) is 24.7 Å². The first kappa shape index (κ1) is 23.1. The molecular formula is C26H21ClFN5O. The van der Waals surface area contributed by atoms with Crippen molar-refractivity contribution in [1.29, 1.82) is 5.26 Å². The quantitative estimate of drug-likeness (QED) is 0.372. The number of halogens is 2. The Labute approximate surface area is 201 Å². The summed E-state index contributed by atoms with van der Waals surface area (Å²) in [5.41, 5.74) is 3.59. The molecule has 0 aliphatic heterocycles. The molecule has 0 radical (unpaired) electrons. The molecule has 0 atom stereocenters. The van der Waals surface area contributed by atoms with Crippen molar-refractivity contribution >= 4 is 17.5 Å². The van der Waals surface area contributed by atoms with Gasteiger partial charge in [0, 0.05) is 17.1 Å². The highest BCUT2D eigenvalue weighted by Gasteiger charge is 2.20. The zero-order valence-corrected chi connectivity index (χ0v) is 19.2. The van der Waals surface area contributed by atoms with Gasteiger partial charge in [-0.1, -0.05) is 35.9 Å². The van der Waals surface area contributed by atoms with E-state index in [9.17, 15) is 9.18 Å². The Morgan fingerprint density at radius 1 is 1.12 bits per heavy atom. The van der Waals surface area contributed by atoms with E-state index < -0.39 is 0 Å². The van der Waals surface area contributed by atoms with E-state index in [0.29, 0.717) is 28.5 Å². The summed E-state index contributed by atoms with van der Waals surface area (Å²) in [6.45, 7) is 2.76. The second-order valence-electron chi connectivity index (χ2n) is 7.93. The number of aromatic nitrogens is 3. The van der Waals surface area contributed by atoms with Crippen molar-refractivity contribution in [3.63, 3.8) is 0 Å². The van der Waals surface area contributed by atoms with Gasteiger partial charge >= 0.3 is 0 Å². The normalized spacial score (nSPS) is 10.6. The number of nitrogens with zero attached hydrogens (tertiary/aromatic N) is 5. The van der Waals surface area contributed by atoms with Gasteiger partial charge in [-0.05, 0) is 66.1 Å². The highest BCUT2D eigenvalue weighted by atomic mass is 35.5. The van der Waals surface area contributed by atoms with Crippen LogP contribution in [0.3, 0.4) is 0 Å². The number of carbonyl (C=O) groups excluding carboxylic acids is 1. The molecule has 0 bridgehead atoms. The Hall–Kier alpha value is -4.02. The number of hydrogen-bond acceptors (Lipinski definition) is 4. The molecule has 0 saturated carbocycles. The SMILES string of the molecule is Cc1cc(F)ccc1CN(Cc1nncn1Cc1ccc(C#N)cc1)C(=O)c1cccc(Cl)c1. The van der Waals surface area contributed by atoms with Gasteiger partial charge < -0.3 is 9.47 Å². The molecule has 6 nitrogen and oxygen atoms in total. The van der Waals surface area contributed by atoms with Crippen LogP contribution in [0.25, 0.3) is 0 Å². The fourth-order valence-electron chi connectivity index (χ4n) is 3.63. The molecule has 0 unspecified atom stereocenters. The predicted molar refractivity (Wildman–Crippen MR) is 126 cm³/mol. The number of amides is 1. The van der Waals surface area contributed by atoms with E-state index >= 15 is 0 Å². The summed E-state index contributed by atoms with van der Waals surface area (Å²) in [5.74, 6) is 0.0507. The monoisotopic (exact) mass is 473 g/mol. The molecule has 4 rings (SSSR count). The van der Waals surface area contributed by atoms with Crippen LogP contribution in [0.1, 0.15) is 38.4 Å². The van der Waals surface area contributed by atoms with Crippen molar-refractivity contribution in [2.24, 2.45) is 0 Å². The average molecular weight is 474 g/mol. The van der Waals surface area contributed by atoms with Crippen LogP contribution in [0.4, 0.5) is 4.39 Å². The topological polar surface area (TPSA) is 74.8 Å². The smallest absolute Gasteiger partial charge is 0.254 e. The number of benzene rings is 3. The molecular weight excluding hydrogens is 453 g/mol. The molecule has 0 aliphatic rings. The van der Waals surface area contributed by atoms with Crippen LogP contribution in [-0.4, -0.2) is 25.6 Å². The fraction of sp³-hybridized carbons (Fsp3) is 0.154. The molecule has 0 N–H and O–H groups in total. The van der Waals surface area contributed by atoms with Crippen molar-refractivity contribution in [2.75, 3.05) is 0 Å². The second kappa shape index (κ2) is 10.3. The Bertz CT molecular complexity index is 1360. The molecule has 1 aromatic heterocycles. The predicted octanol–water partition coefficient (Wildman–Crippen LogP) is 5.14. The maximum Gasteiger partial charge on any atom is 0.254 e. The van der Waals surface area contributed by atoms with E-state index in [1.165, 1.54) is 12.1 Å². The number of nitriles is 1. The standard InChI is InChI=1S/C26H21ClFN5O/c1-18-11-24(28)10-9-22(18)15-32(26(34)21-3-2-4-23(27)12-21)16-25-31-30-17-33(25)14-20-7-5-19(13-29)6-8-20/h2-12,17H,14-16H2,1H3. The third kappa shape index (κ3) is 5.48. The van der Waals surface area contributed by atoms with Crippen molar-refractivity contribution in [1.82, 2.24) is 19.7 Å². The molecule has 1 heterocycles.